The largest absolute Gasteiger partial charge is 0.0905 e. The third-order valence-corrected chi connectivity index (χ3v) is 4.03. The van der Waals surface area contributed by atoms with Crippen LogP contribution in [0, 0.1) is 5.92 Å². The van der Waals surface area contributed by atoms with E-state index in [9.17, 15) is 0 Å². The Bertz CT molecular complexity index is 149. The molecule has 1 heterocycles. The summed E-state index contributed by atoms with van der Waals surface area (Å²) in [6.07, 6.45) is 6.67. The molecule has 1 aliphatic rings. The van der Waals surface area contributed by atoms with Crippen molar-refractivity contribution in [3.05, 3.63) is 23.6 Å². The van der Waals surface area contributed by atoms with Crippen LogP contribution in [-0.4, -0.2) is 5.25 Å². The van der Waals surface area contributed by atoms with Gasteiger partial charge in [0.05, 0.1) is 0 Å². The van der Waals surface area contributed by atoms with E-state index >= 15 is 0 Å². The predicted molar refractivity (Wildman–Crippen MR) is 52.1 cm³/mol. The van der Waals surface area contributed by atoms with E-state index in [1.807, 2.05) is 21.6 Å². The molecule has 0 radical (unpaired) electrons. The lowest BCUT2D eigenvalue weighted by molar-refractivity contribution is 0.763. The molecule has 0 spiro atoms. The van der Waals surface area contributed by atoms with E-state index in [-0.39, 0.29) is 0 Å². The Morgan fingerprint density at radius 2 is 2.30 bits per heavy atom. The number of allylic oxidation sites excluding steroid dienone is 2. The first-order chi connectivity index (χ1) is 4.84. The highest BCUT2D eigenvalue weighted by molar-refractivity contribution is 8.78. The van der Waals surface area contributed by atoms with Crippen molar-refractivity contribution in [2.75, 3.05) is 0 Å². The van der Waals surface area contributed by atoms with Gasteiger partial charge < -0.3 is 0 Å². The minimum Gasteiger partial charge on any atom is -0.0905 e. The van der Waals surface area contributed by atoms with Gasteiger partial charge in [-0.1, -0.05) is 46.7 Å². The summed E-state index contributed by atoms with van der Waals surface area (Å²) >= 11 is 0. The topological polar surface area (TPSA) is 0 Å². The van der Waals surface area contributed by atoms with Crippen LogP contribution < -0.4 is 0 Å². The molecule has 0 saturated heterocycles. The first kappa shape index (κ1) is 8.28. The molecule has 0 fully saturated rings. The molecule has 0 aromatic heterocycles. The zero-order valence-electron chi connectivity index (χ0n) is 6.28. The maximum Gasteiger partial charge on any atom is 0.0394 e. The van der Waals surface area contributed by atoms with Gasteiger partial charge in [-0.25, -0.2) is 0 Å². The SMILES string of the molecule is CC=CC1SSC=CC1C. The van der Waals surface area contributed by atoms with Crippen LogP contribution in [0.15, 0.2) is 23.6 Å². The highest BCUT2D eigenvalue weighted by Gasteiger charge is 2.14. The number of hydrogen-bond donors (Lipinski definition) is 0. The van der Waals surface area contributed by atoms with Gasteiger partial charge in [0.25, 0.3) is 0 Å². The van der Waals surface area contributed by atoms with Crippen LogP contribution in [0.5, 0.6) is 0 Å². The standard InChI is InChI=1S/C8H12S2/c1-3-4-8-7(2)5-6-9-10-8/h3-8H,1-2H3. The summed E-state index contributed by atoms with van der Waals surface area (Å²) in [6.45, 7) is 4.34. The van der Waals surface area contributed by atoms with Gasteiger partial charge in [0.1, 0.15) is 0 Å². The van der Waals surface area contributed by atoms with Gasteiger partial charge in [0.2, 0.25) is 0 Å². The van der Waals surface area contributed by atoms with E-state index in [2.05, 4.69) is 37.5 Å². The summed E-state index contributed by atoms with van der Waals surface area (Å²) in [6, 6.07) is 0. The quantitative estimate of drug-likeness (QED) is 0.439. The van der Waals surface area contributed by atoms with E-state index < -0.39 is 0 Å². The third-order valence-electron chi connectivity index (χ3n) is 1.50. The zero-order chi connectivity index (χ0) is 7.40. The molecule has 2 heteroatoms. The minimum absolute atomic E-state index is 0.681. The fourth-order valence-electron chi connectivity index (χ4n) is 0.846. The Labute approximate surface area is 70.6 Å². The normalized spacial score (nSPS) is 33.4. The summed E-state index contributed by atoms with van der Waals surface area (Å²) < 4.78 is 0. The molecule has 56 valence electrons. The Morgan fingerprint density at radius 3 is 2.90 bits per heavy atom. The molecule has 1 aliphatic heterocycles. The average Bonchev–Trinajstić information content (AvgIpc) is 1.94. The summed E-state index contributed by atoms with van der Waals surface area (Å²) in [5.74, 6) is 0.697. The van der Waals surface area contributed by atoms with Crippen LogP contribution in [-0.2, 0) is 0 Å². The van der Waals surface area contributed by atoms with Crippen LogP contribution >= 0.6 is 21.6 Å². The molecule has 2 atom stereocenters. The van der Waals surface area contributed by atoms with E-state index in [1.54, 1.807) is 0 Å². The molecule has 10 heavy (non-hydrogen) atoms. The van der Waals surface area contributed by atoms with Gasteiger partial charge in [0.15, 0.2) is 0 Å². The molecule has 2 unspecified atom stereocenters. The molecule has 0 bridgehead atoms. The number of rotatable bonds is 1. The lowest BCUT2D eigenvalue weighted by Gasteiger charge is -2.19. The highest BCUT2D eigenvalue weighted by atomic mass is 33.1. The molecular formula is C8H12S2. The van der Waals surface area contributed by atoms with Crippen molar-refractivity contribution >= 4 is 21.6 Å². The second-order valence-electron chi connectivity index (χ2n) is 2.37. The van der Waals surface area contributed by atoms with E-state index in [4.69, 9.17) is 0 Å². The lowest BCUT2D eigenvalue weighted by Crippen LogP contribution is -2.09. The predicted octanol–water partition coefficient (Wildman–Crippen LogP) is 3.48. The van der Waals surface area contributed by atoms with Gasteiger partial charge in [0, 0.05) is 5.25 Å². The summed E-state index contributed by atoms with van der Waals surface area (Å²) in [5.41, 5.74) is 0. The van der Waals surface area contributed by atoms with Crippen molar-refractivity contribution in [1.82, 2.24) is 0 Å². The molecular weight excluding hydrogens is 160 g/mol. The van der Waals surface area contributed by atoms with Gasteiger partial charge in [-0.2, -0.15) is 0 Å². The van der Waals surface area contributed by atoms with Crippen molar-refractivity contribution in [3.63, 3.8) is 0 Å². The van der Waals surface area contributed by atoms with Crippen LogP contribution in [0.4, 0.5) is 0 Å². The first-order valence-corrected chi connectivity index (χ1v) is 5.74. The monoisotopic (exact) mass is 172 g/mol. The average molecular weight is 172 g/mol. The van der Waals surface area contributed by atoms with Crippen LogP contribution in [0.25, 0.3) is 0 Å². The van der Waals surface area contributed by atoms with E-state index in [0.29, 0.717) is 11.2 Å². The molecule has 0 aromatic rings. The highest BCUT2D eigenvalue weighted by Crippen LogP contribution is 2.38. The molecule has 0 N–H and O–H groups in total. The van der Waals surface area contributed by atoms with Gasteiger partial charge in [-0.15, -0.1) is 0 Å². The van der Waals surface area contributed by atoms with Gasteiger partial charge in [-0.3, -0.25) is 0 Å². The zero-order valence-corrected chi connectivity index (χ0v) is 7.91. The summed E-state index contributed by atoms with van der Waals surface area (Å²) in [5, 5.41) is 2.86. The van der Waals surface area contributed by atoms with Crippen molar-refractivity contribution in [3.8, 4) is 0 Å². The van der Waals surface area contributed by atoms with Crippen molar-refractivity contribution in [1.29, 1.82) is 0 Å². The Kier molecular flexibility index (Phi) is 3.43. The van der Waals surface area contributed by atoms with E-state index in [0.717, 1.165) is 0 Å². The maximum atomic E-state index is 2.27. The Hall–Kier alpha value is 0.180. The van der Waals surface area contributed by atoms with E-state index in [1.165, 1.54) is 0 Å². The minimum atomic E-state index is 0.681. The van der Waals surface area contributed by atoms with Crippen LogP contribution in [0.1, 0.15) is 13.8 Å². The summed E-state index contributed by atoms with van der Waals surface area (Å²) in [7, 11) is 3.77. The first-order valence-electron chi connectivity index (χ1n) is 3.46. The molecule has 0 aliphatic carbocycles. The van der Waals surface area contributed by atoms with Crippen molar-refractivity contribution in [2.24, 2.45) is 5.92 Å². The number of hydrogen-bond acceptors (Lipinski definition) is 2. The third kappa shape index (κ3) is 2.10. The maximum absolute atomic E-state index is 2.27. The molecule has 0 aromatic carbocycles. The molecule has 0 saturated carbocycles. The lowest BCUT2D eigenvalue weighted by atomic mass is 10.1. The Morgan fingerprint density at radius 1 is 1.50 bits per heavy atom. The van der Waals surface area contributed by atoms with Crippen molar-refractivity contribution in [2.45, 2.75) is 19.1 Å². The second-order valence-corrected chi connectivity index (χ2v) is 4.73. The molecule has 0 nitrogen and oxygen atoms in total. The fourth-order valence-corrected chi connectivity index (χ4v) is 3.33. The summed E-state index contributed by atoms with van der Waals surface area (Å²) in [4.78, 5) is 0. The Balaban J connectivity index is 2.52. The van der Waals surface area contributed by atoms with Gasteiger partial charge >= 0.3 is 0 Å². The second kappa shape index (κ2) is 4.14. The van der Waals surface area contributed by atoms with Crippen molar-refractivity contribution < 1.29 is 0 Å². The molecule has 0 amide bonds. The van der Waals surface area contributed by atoms with Crippen LogP contribution in [0.3, 0.4) is 0 Å². The smallest absolute Gasteiger partial charge is 0.0394 e. The van der Waals surface area contributed by atoms with Gasteiger partial charge in [-0.05, 0) is 18.2 Å². The van der Waals surface area contributed by atoms with Crippen LogP contribution in [0.2, 0.25) is 0 Å². The molecule has 1 rings (SSSR count). The fraction of sp³-hybridized carbons (Fsp3) is 0.500.